The van der Waals surface area contributed by atoms with Gasteiger partial charge in [-0.05, 0) is 45.0 Å². The number of ether oxygens (including phenoxy) is 1. The van der Waals surface area contributed by atoms with Gasteiger partial charge in [0.1, 0.15) is 17.7 Å². The number of phenolic OH excluding ortho intramolecular Hbond substituents is 1. The Morgan fingerprint density at radius 3 is 2.73 bits per heavy atom. The Hall–Kier alpha value is -3.33. The maximum Gasteiger partial charge on any atom is 0.253 e. The smallest absolute Gasteiger partial charge is 0.253 e. The molecular formula is C24H26FN5O3. The summed E-state index contributed by atoms with van der Waals surface area (Å²) in [5.74, 6) is 0.691. The maximum atomic E-state index is 15.2. The zero-order chi connectivity index (χ0) is 23.3. The van der Waals surface area contributed by atoms with Gasteiger partial charge in [-0.3, -0.25) is 14.3 Å². The maximum absolute atomic E-state index is 15.2. The summed E-state index contributed by atoms with van der Waals surface area (Å²) in [6.07, 6.45) is 2.18. The summed E-state index contributed by atoms with van der Waals surface area (Å²) < 4.78 is 22.5. The van der Waals surface area contributed by atoms with Crippen LogP contribution >= 0.6 is 0 Å². The van der Waals surface area contributed by atoms with Crippen LogP contribution in [0, 0.1) is 0 Å². The fraction of sp³-hybridized carbons (Fsp3) is 0.417. The van der Waals surface area contributed by atoms with Crippen molar-refractivity contribution in [1.82, 2.24) is 24.6 Å². The van der Waals surface area contributed by atoms with Crippen LogP contribution in [0.15, 0.2) is 47.4 Å². The molecule has 8 nitrogen and oxygen atoms in total. The third kappa shape index (κ3) is 3.56. The van der Waals surface area contributed by atoms with Crippen molar-refractivity contribution in [3.05, 3.63) is 52.9 Å². The largest absolute Gasteiger partial charge is 0.507 e. The predicted molar refractivity (Wildman–Crippen MR) is 121 cm³/mol. The molecule has 2 aliphatic heterocycles. The molecule has 2 aromatic heterocycles. The van der Waals surface area contributed by atoms with Crippen LogP contribution in [0.5, 0.6) is 11.6 Å². The van der Waals surface area contributed by atoms with Crippen molar-refractivity contribution < 1.29 is 14.2 Å². The SMILES string of the molecule is CN1C2CC[C@@]1(C)[C@@H](F)[C@H](Oc1ccc(-c3ccc(-c4nccc(=O)n4C)cc3O)nn1)C2. The first-order valence-corrected chi connectivity index (χ1v) is 11.0. The first-order chi connectivity index (χ1) is 15.8. The zero-order valence-corrected chi connectivity index (χ0v) is 18.8. The number of fused-ring (bicyclic) bond motifs is 2. The van der Waals surface area contributed by atoms with Gasteiger partial charge in [0.05, 0.1) is 11.2 Å². The summed E-state index contributed by atoms with van der Waals surface area (Å²) in [6, 6.07) is 10.0. The van der Waals surface area contributed by atoms with Gasteiger partial charge in [-0.25, -0.2) is 9.37 Å². The Labute approximate surface area is 190 Å². The Kier molecular flexibility index (Phi) is 5.16. The summed E-state index contributed by atoms with van der Waals surface area (Å²) >= 11 is 0. The number of hydrogen-bond donors (Lipinski definition) is 1. The molecule has 2 bridgehead atoms. The monoisotopic (exact) mass is 451 g/mol. The minimum Gasteiger partial charge on any atom is -0.507 e. The van der Waals surface area contributed by atoms with E-state index in [1.165, 1.54) is 22.9 Å². The average molecular weight is 452 g/mol. The van der Waals surface area contributed by atoms with Crippen LogP contribution in [0.1, 0.15) is 26.2 Å². The van der Waals surface area contributed by atoms with Crippen molar-refractivity contribution >= 4 is 0 Å². The Morgan fingerprint density at radius 1 is 1.18 bits per heavy atom. The second-order valence-electron chi connectivity index (χ2n) is 9.11. The van der Waals surface area contributed by atoms with E-state index >= 15 is 4.39 Å². The first kappa shape index (κ1) is 21.5. The number of phenols is 1. The molecule has 2 fully saturated rings. The van der Waals surface area contributed by atoms with E-state index in [2.05, 4.69) is 20.1 Å². The molecule has 3 aromatic rings. The van der Waals surface area contributed by atoms with E-state index in [-0.39, 0.29) is 17.2 Å². The lowest BCUT2D eigenvalue weighted by molar-refractivity contribution is -0.0596. The van der Waals surface area contributed by atoms with E-state index < -0.39 is 17.8 Å². The number of piperidine rings is 1. The molecule has 4 heterocycles. The zero-order valence-electron chi connectivity index (χ0n) is 18.8. The highest BCUT2D eigenvalue weighted by Crippen LogP contribution is 2.45. The molecule has 0 saturated carbocycles. The lowest BCUT2D eigenvalue weighted by Gasteiger charge is -2.45. The van der Waals surface area contributed by atoms with Crippen LogP contribution in [-0.4, -0.2) is 60.7 Å². The van der Waals surface area contributed by atoms with Crippen molar-refractivity contribution in [1.29, 1.82) is 0 Å². The highest BCUT2D eigenvalue weighted by Gasteiger charge is 2.55. The Morgan fingerprint density at radius 2 is 2.00 bits per heavy atom. The van der Waals surface area contributed by atoms with Gasteiger partial charge >= 0.3 is 0 Å². The van der Waals surface area contributed by atoms with Crippen molar-refractivity contribution in [3.8, 4) is 34.3 Å². The van der Waals surface area contributed by atoms with Gasteiger partial charge in [-0.15, -0.1) is 10.2 Å². The van der Waals surface area contributed by atoms with E-state index in [1.54, 1.807) is 31.3 Å². The second kappa shape index (κ2) is 7.91. The molecule has 33 heavy (non-hydrogen) atoms. The lowest BCUT2D eigenvalue weighted by atomic mass is 9.87. The minimum atomic E-state index is -1.11. The van der Waals surface area contributed by atoms with Crippen LogP contribution in [-0.2, 0) is 7.05 Å². The molecular weight excluding hydrogens is 425 g/mol. The first-order valence-electron chi connectivity index (χ1n) is 11.0. The van der Waals surface area contributed by atoms with Crippen LogP contribution in [0.3, 0.4) is 0 Å². The lowest BCUT2D eigenvalue weighted by Crippen LogP contribution is -2.60. The highest BCUT2D eigenvalue weighted by molar-refractivity contribution is 5.72. The fourth-order valence-corrected chi connectivity index (χ4v) is 5.06. The normalized spacial score (nSPS) is 27.0. The molecule has 2 aliphatic rings. The van der Waals surface area contributed by atoms with Crippen molar-refractivity contribution in [3.63, 3.8) is 0 Å². The van der Waals surface area contributed by atoms with Gasteiger partial charge in [0.15, 0.2) is 6.17 Å². The summed E-state index contributed by atoms with van der Waals surface area (Å²) in [5.41, 5.74) is 0.836. The molecule has 5 rings (SSSR count). The van der Waals surface area contributed by atoms with Gasteiger partial charge in [0.2, 0.25) is 5.88 Å². The summed E-state index contributed by atoms with van der Waals surface area (Å²) in [5, 5.41) is 18.9. The van der Waals surface area contributed by atoms with Gasteiger partial charge in [0, 0.05) is 49.0 Å². The Balaban J connectivity index is 1.35. The van der Waals surface area contributed by atoms with E-state index in [4.69, 9.17) is 4.74 Å². The summed E-state index contributed by atoms with van der Waals surface area (Å²) in [7, 11) is 3.61. The standard InChI is InChI=1S/C24H26FN5O3/c1-24-10-8-15(30(24)3)13-19(22(24)25)33-20-7-6-17(27-28-20)16-5-4-14(12-18(16)31)23-26-11-9-21(32)29(23)2/h4-7,9,11-12,15,19,22,31H,8,10,13H2,1-3H3/t15?,19-,22+,24+/m1/s1. The summed E-state index contributed by atoms with van der Waals surface area (Å²) in [6.45, 7) is 1.96. The number of aromatic hydroxyl groups is 1. The summed E-state index contributed by atoms with van der Waals surface area (Å²) in [4.78, 5) is 18.2. The van der Waals surface area contributed by atoms with E-state index in [0.717, 1.165) is 12.8 Å². The quantitative estimate of drug-likeness (QED) is 0.652. The third-order valence-electron chi connectivity index (χ3n) is 7.27. The van der Waals surface area contributed by atoms with Crippen molar-refractivity contribution in [2.24, 2.45) is 7.05 Å². The van der Waals surface area contributed by atoms with E-state index in [1.807, 2.05) is 14.0 Å². The fourth-order valence-electron chi connectivity index (χ4n) is 5.06. The van der Waals surface area contributed by atoms with Crippen LogP contribution in [0.4, 0.5) is 4.39 Å². The molecule has 0 radical (unpaired) electrons. The van der Waals surface area contributed by atoms with Crippen molar-refractivity contribution in [2.45, 2.75) is 50.0 Å². The van der Waals surface area contributed by atoms with E-state index in [0.29, 0.717) is 35.1 Å². The van der Waals surface area contributed by atoms with Gasteiger partial charge < -0.3 is 9.84 Å². The molecule has 0 amide bonds. The molecule has 4 atom stereocenters. The third-order valence-corrected chi connectivity index (χ3v) is 7.27. The number of aromatic nitrogens is 4. The number of halogens is 1. The number of benzene rings is 1. The highest BCUT2D eigenvalue weighted by atomic mass is 19.1. The minimum absolute atomic E-state index is 0.0165. The van der Waals surface area contributed by atoms with E-state index in [9.17, 15) is 9.90 Å². The van der Waals surface area contributed by atoms with Crippen LogP contribution in [0.25, 0.3) is 22.6 Å². The van der Waals surface area contributed by atoms with Gasteiger partial charge in [-0.1, -0.05) is 6.07 Å². The number of rotatable bonds is 4. The van der Waals surface area contributed by atoms with Gasteiger partial charge in [-0.2, -0.15) is 0 Å². The Bertz CT molecular complexity index is 1250. The molecule has 172 valence electrons. The number of nitrogens with zero attached hydrogens (tertiary/aromatic N) is 5. The average Bonchev–Trinajstić information content (AvgIpc) is 3.02. The molecule has 1 aromatic carbocycles. The number of alkyl halides is 1. The number of hydrogen-bond acceptors (Lipinski definition) is 7. The van der Waals surface area contributed by atoms with Crippen molar-refractivity contribution in [2.75, 3.05) is 7.05 Å². The molecule has 0 spiro atoms. The predicted octanol–water partition coefficient (Wildman–Crippen LogP) is 2.95. The second-order valence-corrected chi connectivity index (χ2v) is 9.11. The van der Waals surface area contributed by atoms with Crippen LogP contribution in [0.2, 0.25) is 0 Å². The van der Waals surface area contributed by atoms with Crippen LogP contribution < -0.4 is 10.3 Å². The molecule has 1 N–H and O–H groups in total. The molecule has 1 unspecified atom stereocenters. The topological polar surface area (TPSA) is 93.4 Å². The molecule has 9 heteroatoms. The molecule has 0 aliphatic carbocycles. The van der Waals surface area contributed by atoms with Gasteiger partial charge in [0.25, 0.3) is 5.56 Å². The molecule has 2 saturated heterocycles.